The molecule has 2 atom stereocenters. The standard InChI is InChI=1S/C22H22N2O2S/c23-19-13-24(12-17(19)15-6-2-1-3-7-15)22(26)11-10-20(25)18-14-27-21-9-5-4-8-16(18)21/h1-9,14,17,19H,10-13,23H2/t17-,19+/m0/s1. The molecule has 0 unspecified atom stereocenters. The molecule has 2 heterocycles. The number of fused-ring (bicyclic) bond motifs is 1. The van der Waals surface area contributed by atoms with Crippen LogP contribution in [0.1, 0.15) is 34.7 Å². The number of amides is 1. The quantitative estimate of drug-likeness (QED) is 0.687. The third kappa shape index (κ3) is 3.66. The van der Waals surface area contributed by atoms with Crippen LogP contribution in [0.3, 0.4) is 0 Å². The molecule has 2 N–H and O–H groups in total. The fourth-order valence-electron chi connectivity index (χ4n) is 3.79. The zero-order valence-electron chi connectivity index (χ0n) is 15.0. The lowest BCUT2D eigenvalue weighted by Crippen LogP contribution is -2.32. The van der Waals surface area contributed by atoms with Crippen LogP contribution in [-0.2, 0) is 4.79 Å². The highest BCUT2D eigenvalue weighted by molar-refractivity contribution is 7.17. The van der Waals surface area contributed by atoms with Crippen LogP contribution in [-0.4, -0.2) is 35.7 Å². The Bertz CT molecular complexity index is 967. The van der Waals surface area contributed by atoms with Gasteiger partial charge < -0.3 is 10.6 Å². The summed E-state index contributed by atoms with van der Waals surface area (Å²) >= 11 is 1.57. The molecule has 4 nitrogen and oxygen atoms in total. The Morgan fingerprint density at radius 1 is 1.00 bits per heavy atom. The lowest BCUT2D eigenvalue weighted by Gasteiger charge is -2.16. The highest BCUT2D eigenvalue weighted by Gasteiger charge is 2.33. The summed E-state index contributed by atoms with van der Waals surface area (Å²) in [5, 5.41) is 2.88. The van der Waals surface area contributed by atoms with Crippen LogP contribution in [0.15, 0.2) is 60.0 Å². The monoisotopic (exact) mass is 378 g/mol. The Kier molecular flexibility index (Phi) is 5.05. The molecule has 0 bridgehead atoms. The first-order valence-corrected chi connectivity index (χ1v) is 10.1. The number of rotatable bonds is 5. The van der Waals surface area contributed by atoms with E-state index >= 15 is 0 Å². The molecule has 138 valence electrons. The summed E-state index contributed by atoms with van der Waals surface area (Å²) < 4.78 is 1.10. The van der Waals surface area contributed by atoms with Crippen LogP contribution in [0, 0.1) is 0 Å². The van der Waals surface area contributed by atoms with Crippen molar-refractivity contribution in [2.24, 2.45) is 5.73 Å². The number of nitrogens with two attached hydrogens (primary N) is 1. The van der Waals surface area contributed by atoms with Gasteiger partial charge in [0.2, 0.25) is 5.91 Å². The number of carbonyl (C=O) groups is 2. The highest BCUT2D eigenvalue weighted by atomic mass is 32.1. The molecule has 1 saturated heterocycles. The van der Waals surface area contributed by atoms with Crippen molar-refractivity contribution >= 4 is 33.1 Å². The lowest BCUT2D eigenvalue weighted by atomic mass is 9.95. The van der Waals surface area contributed by atoms with Gasteiger partial charge in [-0.15, -0.1) is 11.3 Å². The number of thiophene rings is 1. The summed E-state index contributed by atoms with van der Waals surface area (Å²) in [6.07, 6.45) is 0.471. The van der Waals surface area contributed by atoms with Crippen molar-refractivity contribution in [2.75, 3.05) is 13.1 Å². The number of hydrogen-bond acceptors (Lipinski definition) is 4. The van der Waals surface area contributed by atoms with Gasteiger partial charge in [-0.1, -0.05) is 48.5 Å². The van der Waals surface area contributed by atoms with Crippen LogP contribution < -0.4 is 5.73 Å². The molecule has 1 amide bonds. The van der Waals surface area contributed by atoms with Gasteiger partial charge in [-0.05, 0) is 11.6 Å². The normalized spacial score (nSPS) is 19.5. The summed E-state index contributed by atoms with van der Waals surface area (Å²) in [4.78, 5) is 27.0. The minimum Gasteiger partial charge on any atom is -0.340 e. The molecular weight excluding hydrogens is 356 g/mol. The van der Waals surface area contributed by atoms with Gasteiger partial charge in [0, 0.05) is 58.9 Å². The molecule has 0 aliphatic carbocycles. The van der Waals surface area contributed by atoms with Crippen molar-refractivity contribution in [3.8, 4) is 0 Å². The third-order valence-electron chi connectivity index (χ3n) is 5.29. The Morgan fingerprint density at radius 3 is 2.56 bits per heavy atom. The Balaban J connectivity index is 1.38. The smallest absolute Gasteiger partial charge is 0.223 e. The molecule has 0 saturated carbocycles. The number of ketones is 1. The van der Waals surface area contributed by atoms with E-state index in [0.29, 0.717) is 13.1 Å². The molecule has 4 rings (SSSR count). The topological polar surface area (TPSA) is 63.4 Å². The summed E-state index contributed by atoms with van der Waals surface area (Å²) in [6, 6.07) is 17.9. The predicted molar refractivity (Wildman–Crippen MR) is 109 cm³/mol. The zero-order valence-corrected chi connectivity index (χ0v) is 15.8. The second-order valence-electron chi connectivity index (χ2n) is 7.05. The van der Waals surface area contributed by atoms with Crippen molar-refractivity contribution in [2.45, 2.75) is 24.8 Å². The maximum absolute atomic E-state index is 12.6. The van der Waals surface area contributed by atoms with Gasteiger partial charge in [0.25, 0.3) is 0 Å². The van der Waals surface area contributed by atoms with Crippen LogP contribution in [0.25, 0.3) is 10.1 Å². The second kappa shape index (κ2) is 7.62. The number of Topliss-reactive ketones (excluding diaryl/α,β-unsaturated/α-hetero) is 1. The molecule has 1 aliphatic heterocycles. The van der Waals surface area contributed by atoms with E-state index in [0.717, 1.165) is 15.6 Å². The molecule has 27 heavy (non-hydrogen) atoms. The second-order valence-corrected chi connectivity index (χ2v) is 7.96. The fourth-order valence-corrected chi connectivity index (χ4v) is 4.76. The summed E-state index contributed by atoms with van der Waals surface area (Å²) in [6.45, 7) is 1.17. The largest absolute Gasteiger partial charge is 0.340 e. The zero-order chi connectivity index (χ0) is 18.8. The molecule has 1 fully saturated rings. The van der Waals surface area contributed by atoms with Crippen LogP contribution in [0.2, 0.25) is 0 Å². The van der Waals surface area contributed by atoms with Gasteiger partial charge in [0.15, 0.2) is 5.78 Å². The van der Waals surface area contributed by atoms with Crippen molar-refractivity contribution in [1.82, 2.24) is 4.90 Å². The number of carbonyl (C=O) groups excluding carboxylic acids is 2. The van der Waals surface area contributed by atoms with Crippen molar-refractivity contribution in [3.05, 3.63) is 71.1 Å². The van der Waals surface area contributed by atoms with Crippen LogP contribution in [0.5, 0.6) is 0 Å². The van der Waals surface area contributed by atoms with Crippen molar-refractivity contribution in [1.29, 1.82) is 0 Å². The van der Waals surface area contributed by atoms with Gasteiger partial charge in [0.05, 0.1) is 0 Å². The first-order valence-electron chi connectivity index (χ1n) is 9.21. The van der Waals surface area contributed by atoms with E-state index in [1.54, 1.807) is 16.2 Å². The van der Waals surface area contributed by atoms with E-state index in [4.69, 9.17) is 5.73 Å². The third-order valence-corrected chi connectivity index (χ3v) is 6.26. The minimum absolute atomic E-state index is 0.0109. The summed E-state index contributed by atoms with van der Waals surface area (Å²) in [5.74, 6) is 0.201. The molecule has 0 radical (unpaired) electrons. The van der Waals surface area contributed by atoms with Gasteiger partial charge >= 0.3 is 0 Å². The van der Waals surface area contributed by atoms with E-state index < -0.39 is 0 Å². The molecule has 1 aromatic heterocycles. The van der Waals surface area contributed by atoms with E-state index in [2.05, 4.69) is 12.1 Å². The molecule has 5 heteroatoms. The highest BCUT2D eigenvalue weighted by Crippen LogP contribution is 2.28. The van der Waals surface area contributed by atoms with E-state index in [1.165, 1.54) is 5.56 Å². The number of benzene rings is 2. The summed E-state index contributed by atoms with van der Waals surface area (Å²) in [7, 11) is 0. The Morgan fingerprint density at radius 2 is 1.74 bits per heavy atom. The van der Waals surface area contributed by atoms with E-state index in [-0.39, 0.29) is 36.5 Å². The number of likely N-dealkylation sites (tertiary alicyclic amines) is 1. The molecule has 0 spiro atoms. The van der Waals surface area contributed by atoms with Crippen molar-refractivity contribution in [3.63, 3.8) is 0 Å². The molecule has 2 aromatic carbocycles. The van der Waals surface area contributed by atoms with Gasteiger partial charge in [0.1, 0.15) is 0 Å². The van der Waals surface area contributed by atoms with Crippen LogP contribution >= 0.6 is 11.3 Å². The minimum atomic E-state index is -0.0622. The number of hydrogen-bond donors (Lipinski definition) is 1. The lowest BCUT2D eigenvalue weighted by molar-refractivity contribution is -0.130. The molecule has 3 aromatic rings. The van der Waals surface area contributed by atoms with E-state index in [1.807, 2.05) is 47.8 Å². The fraction of sp³-hybridized carbons (Fsp3) is 0.273. The van der Waals surface area contributed by atoms with Crippen LogP contribution in [0.4, 0.5) is 0 Å². The Hall–Kier alpha value is -2.50. The molecular formula is C22H22N2O2S. The maximum Gasteiger partial charge on any atom is 0.223 e. The first kappa shape index (κ1) is 17.9. The summed E-state index contributed by atoms with van der Waals surface area (Å²) in [5.41, 5.74) is 8.17. The average Bonchev–Trinajstić information content (AvgIpc) is 3.30. The predicted octanol–water partition coefficient (Wildman–Crippen LogP) is 3.82. The SMILES string of the molecule is N[C@@H]1CN(C(=O)CCC(=O)c2csc3ccccc23)C[C@H]1c1ccccc1. The van der Waals surface area contributed by atoms with Gasteiger partial charge in [-0.2, -0.15) is 0 Å². The maximum atomic E-state index is 12.6. The average molecular weight is 378 g/mol. The van der Waals surface area contributed by atoms with Crippen molar-refractivity contribution < 1.29 is 9.59 Å². The van der Waals surface area contributed by atoms with E-state index in [9.17, 15) is 9.59 Å². The first-order chi connectivity index (χ1) is 13.1. The molecule has 1 aliphatic rings. The number of nitrogens with zero attached hydrogens (tertiary/aromatic N) is 1. The van der Waals surface area contributed by atoms with Gasteiger partial charge in [-0.25, -0.2) is 0 Å². The Labute approximate surface area is 162 Å². The van der Waals surface area contributed by atoms with Gasteiger partial charge in [-0.3, -0.25) is 9.59 Å².